The highest BCUT2D eigenvalue weighted by Gasteiger charge is 2.34. The van der Waals surface area contributed by atoms with Crippen LogP contribution in [0.2, 0.25) is 0 Å². The third kappa shape index (κ3) is 4.09. The lowest BCUT2D eigenvalue weighted by atomic mass is 10.1. The molecule has 110 valence electrons. The Morgan fingerprint density at radius 3 is 2.47 bits per heavy atom. The first-order valence-corrected chi connectivity index (χ1v) is 6.81. The molecule has 2 unspecified atom stereocenters. The number of amides is 2. The monoisotopic (exact) mass is 271 g/mol. The van der Waals surface area contributed by atoms with Gasteiger partial charge in [-0.15, -0.1) is 0 Å². The van der Waals surface area contributed by atoms with E-state index in [4.69, 9.17) is 5.11 Å². The van der Waals surface area contributed by atoms with Crippen LogP contribution in [0.15, 0.2) is 0 Å². The minimum Gasteiger partial charge on any atom is -0.480 e. The summed E-state index contributed by atoms with van der Waals surface area (Å²) in [4.78, 5) is 26.9. The van der Waals surface area contributed by atoms with Crippen molar-refractivity contribution in [2.24, 2.45) is 5.92 Å². The number of likely N-dealkylation sites (N-methyl/N-ethyl adjacent to an activating group) is 1. The van der Waals surface area contributed by atoms with E-state index in [1.165, 1.54) is 0 Å². The summed E-state index contributed by atoms with van der Waals surface area (Å²) in [7, 11) is 4.00. The molecule has 0 aliphatic carbocycles. The topological polar surface area (TPSA) is 72.9 Å². The lowest BCUT2D eigenvalue weighted by Gasteiger charge is -2.23. The van der Waals surface area contributed by atoms with Crippen LogP contribution in [0.5, 0.6) is 0 Å². The van der Waals surface area contributed by atoms with Crippen molar-refractivity contribution in [1.29, 1.82) is 0 Å². The average Bonchev–Trinajstić information content (AvgIpc) is 2.70. The molecule has 1 rings (SSSR count). The Labute approximate surface area is 114 Å². The van der Waals surface area contributed by atoms with Gasteiger partial charge in [0.05, 0.1) is 0 Å². The molecule has 1 aliphatic heterocycles. The van der Waals surface area contributed by atoms with Crippen LogP contribution >= 0.6 is 0 Å². The van der Waals surface area contributed by atoms with Crippen LogP contribution in [-0.2, 0) is 4.79 Å². The molecule has 19 heavy (non-hydrogen) atoms. The van der Waals surface area contributed by atoms with E-state index < -0.39 is 12.0 Å². The number of carboxylic acids is 1. The number of urea groups is 1. The highest BCUT2D eigenvalue weighted by molar-refractivity contribution is 5.82. The fraction of sp³-hybridized carbons (Fsp3) is 0.846. The first-order valence-electron chi connectivity index (χ1n) is 6.81. The summed E-state index contributed by atoms with van der Waals surface area (Å²) in [6.07, 6.45) is 1.19. The molecule has 0 saturated carbocycles. The number of aliphatic carboxylic acids is 1. The SMILES string of the molecule is CCC[C@H](NC(=O)N1CC(C)C(N(C)C)C1)C(=O)O. The van der Waals surface area contributed by atoms with Crippen LogP contribution in [0.25, 0.3) is 0 Å². The highest BCUT2D eigenvalue weighted by atomic mass is 16.4. The van der Waals surface area contributed by atoms with Gasteiger partial charge >= 0.3 is 12.0 Å². The Morgan fingerprint density at radius 2 is 2.05 bits per heavy atom. The number of carbonyl (C=O) groups is 2. The largest absolute Gasteiger partial charge is 0.480 e. The van der Waals surface area contributed by atoms with Gasteiger partial charge in [-0.1, -0.05) is 20.3 Å². The van der Waals surface area contributed by atoms with E-state index in [0.29, 0.717) is 31.5 Å². The van der Waals surface area contributed by atoms with Crippen LogP contribution in [-0.4, -0.2) is 66.2 Å². The van der Waals surface area contributed by atoms with E-state index in [0.717, 1.165) is 6.42 Å². The highest BCUT2D eigenvalue weighted by Crippen LogP contribution is 2.20. The van der Waals surface area contributed by atoms with E-state index in [1.807, 2.05) is 21.0 Å². The van der Waals surface area contributed by atoms with Crippen LogP contribution in [0, 0.1) is 5.92 Å². The number of likely N-dealkylation sites (tertiary alicyclic amines) is 1. The molecule has 1 heterocycles. The van der Waals surface area contributed by atoms with E-state index in [1.54, 1.807) is 4.90 Å². The zero-order valence-electron chi connectivity index (χ0n) is 12.2. The Bertz CT molecular complexity index is 333. The summed E-state index contributed by atoms with van der Waals surface area (Å²) in [6.45, 7) is 5.34. The summed E-state index contributed by atoms with van der Waals surface area (Å²) in [5.41, 5.74) is 0. The second-order valence-electron chi connectivity index (χ2n) is 5.54. The first kappa shape index (κ1) is 15.8. The molecule has 0 spiro atoms. The number of carbonyl (C=O) groups excluding carboxylic acids is 1. The fourth-order valence-corrected chi connectivity index (χ4v) is 2.57. The molecular formula is C13H25N3O3. The number of hydrogen-bond donors (Lipinski definition) is 2. The quantitative estimate of drug-likeness (QED) is 0.777. The molecule has 6 nitrogen and oxygen atoms in total. The molecule has 0 radical (unpaired) electrons. The number of hydrogen-bond acceptors (Lipinski definition) is 3. The summed E-state index contributed by atoms with van der Waals surface area (Å²) >= 11 is 0. The van der Waals surface area contributed by atoms with Crippen LogP contribution < -0.4 is 5.32 Å². The summed E-state index contributed by atoms with van der Waals surface area (Å²) in [5.74, 6) is -0.568. The third-order valence-corrected chi connectivity index (χ3v) is 3.70. The lowest BCUT2D eigenvalue weighted by molar-refractivity contribution is -0.139. The Morgan fingerprint density at radius 1 is 1.42 bits per heavy atom. The molecule has 2 amide bonds. The first-order chi connectivity index (χ1) is 8.86. The van der Waals surface area contributed by atoms with Crippen molar-refractivity contribution >= 4 is 12.0 Å². The van der Waals surface area contributed by atoms with Crippen LogP contribution in [0.3, 0.4) is 0 Å². The van der Waals surface area contributed by atoms with Gasteiger partial charge in [-0.05, 0) is 26.4 Å². The van der Waals surface area contributed by atoms with Crippen molar-refractivity contribution in [2.75, 3.05) is 27.2 Å². The Kier molecular flexibility index (Phi) is 5.60. The molecule has 1 fully saturated rings. The number of rotatable bonds is 5. The zero-order chi connectivity index (χ0) is 14.6. The van der Waals surface area contributed by atoms with Gasteiger partial charge in [-0.2, -0.15) is 0 Å². The van der Waals surface area contributed by atoms with E-state index >= 15 is 0 Å². The minimum atomic E-state index is -0.966. The van der Waals surface area contributed by atoms with E-state index in [9.17, 15) is 9.59 Å². The molecular weight excluding hydrogens is 246 g/mol. The molecule has 3 atom stereocenters. The van der Waals surface area contributed by atoms with Gasteiger partial charge in [0.2, 0.25) is 0 Å². The summed E-state index contributed by atoms with van der Waals surface area (Å²) in [6, 6.07) is -0.719. The molecule has 0 bridgehead atoms. The second kappa shape index (κ2) is 6.75. The van der Waals surface area contributed by atoms with Gasteiger partial charge in [0.25, 0.3) is 0 Å². The summed E-state index contributed by atoms with van der Waals surface area (Å²) < 4.78 is 0. The van der Waals surface area contributed by atoms with Crippen molar-refractivity contribution in [3.8, 4) is 0 Å². The van der Waals surface area contributed by atoms with Gasteiger partial charge in [-0.3, -0.25) is 0 Å². The van der Waals surface area contributed by atoms with E-state index in [-0.39, 0.29) is 6.03 Å². The zero-order valence-corrected chi connectivity index (χ0v) is 12.2. The smallest absolute Gasteiger partial charge is 0.326 e. The third-order valence-electron chi connectivity index (χ3n) is 3.70. The minimum absolute atomic E-state index is 0.267. The Hall–Kier alpha value is -1.30. The maximum absolute atomic E-state index is 12.1. The molecule has 6 heteroatoms. The van der Waals surface area contributed by atoms with Gasteiger partial charge < -0.3 is 20.2 Å². The number of carboxylic acid groups (broad SMARTS) is 1. The number of nitrogens with zero attached hydrogens (tertiary/aromatic N) is 2. The van der Waals surface area contributed by atoms with Crippen molar-refractivity contribution in [1.82, 2.24) is 15.1 Å². The average molecular weight is 271 g/mol. The van der Waals surface area contributed by atoms with Crippen LogP contribution in [0.1, 0.15) is 26.7 Å². The van der Waals surface area contributed by atoms with Gasteiger partial charge in [0.1, 0.15) is 6.04 Å². The molecule has 1 saturated heterocycles. The predicted molar refractivity (Wildman–Crippen MR) is 73.1 cm³/mol. The maximum atomic E-state index is 12.1. The normalized spacial score (nSPS) is 24.6. The van der Waals surface area contributed by atoms with Crippen molar-refractivity contribution in [3.05, 3.63) is 0 Å². The lowest BCUT2D eigenvalue weighted by Crippen LogP contribution is -2.47. The van der Waals surface area contributed by atoms with Crippen molar-refractivity contribution in [3.63, 3.8) is 0 Å². The summed E-state index contributed by atoms with van der Waals surface area (Å²) in [5, 5.41) is 11.7. The Balaban J connectivity index is 2.57. The molecule has 2 N–H and O–H groups in total. The fourth-order valence-electron chi connectivity index (χ4n) is 2.57. The van der Waals surface area contributed by atoms with Crippen LogP contribution in [0.4, 0.5) is 4.79 Å². The predicted octanol–water partition coefficient (Wildman–Crippen LogP) is 0.831. The van der Waals surface area contributed by atoms with E-state index in [2.05, 4.69) is 17.1 Å². The molecule has 0 aromatic heterocycles. The standard InChI is InChI=1S/C13H25N3O3/c1-5-6-10(12(17)18)14-13(19)16-7-9(2)11(8-16)15(3)4/h9-11H,5-8H2,1-4H3,(H,14,19)(H,17,18)/t9?,10-,11?/m0/s1. The molecule has 0 aromatic rings. The van der Waals surface area contributed by atoms with Gasteiger partial charge in [0.15, 0.2) is 0 Å². The second-order valence-corrected chi connectivity index (χ2v) is 5.54. The number of nitrogens with one attached hydrogen (secondary N) is 1. The molecule has 1 aliphatic rings. The van der Waals surface area contributed by atoms with Gasteiger partial charge in [-0.25, -0.2) is 9.59 Å². The maximum Gasteiger partial charge on any atom is 0.326 e. The van der Waals surface area contributed by atoms with Crippen molar-refractivity contribution in [2.45, 2.75) is 38.8 Å². The molecule has 0 aromatic carbocycles. The van der Waals surface area contributed by atoms with Crippen molar-refractivity contribution < 1.29 is 14.7 Å². The van der Waals surface area contributed by atoms with Gasteiger partial charge in [0, 0.05) is 19.1 Å².